The fraction of sp³-hybridized carbons (Fsp3) is 0.818. The number of hydrogen-bond acceptors (Lipinski definition) is 1. The minimum absolute atomic E-state index is 0.738. The maximum atomic E-state index is 3.39. The fourth-order valence-corrected chi connectivity index (χ4v) is 1.03. The Morgan fingerprint density at radius 2 is 2.08 bits per heavy atom. The predicted molar refractivity (Wildman–Crippen MR) is 55.0 cm³/mol. The Kier molecular flexibility index (Phi) is 8.27. The summed E-state index contributed by atoms with van der Waals surface area (Å²) in [5.74, 6) is 6.78. The first kappa shape index (κ1) is 11.5. The van der Waals surface area contributed by atoms with E-state index in [1.165, 1.54) is 12.8 Å². The summed E-state index contributed by atoms with van der Waals surface area (Å²) in [6, 6.07) is 0. The first-order valence-electron chi connectivity index (χ1n) is 4.91. The molecule has 1 heteroatoms. The molecule has 0 radical (unpaired) electrons. The Labute approximate surface area is 76.9 Å². The van der Waals surface area contributed by atoms with Crippen LogP contribution in [0, 0.1) is 17.8 Å². The van der Waals surface area contributed by atoms with Crippen LogP contribution in [0.1, 0.15) is 40.0 Å². The Balaban J connectivity index is 3.17. The molecule has 0 heterocycles. The van der Waals surface area contributed by atoms with E-state index < -0.39 is 0 Å². The zero-order valence-electron chi connectivity index (χ0n) is 8.61. The topological polar surface area (TPSA) is 12.0 Å². The Hall–Kier alpha value is -0.480. The molecule has 0 spiro atoms. The lowest BCUT2D eigenvalue weighted by Gasteiger charge is -2.07. The number of nitrogens with one attached hydrogen (secondary N) is 1. The summed E-state index contributed by atoms with van der Waals surface area (Å²) in [7, 11) is 0. The summed E-state index contributed by atoms with van der Waals surface area (Å²) in [4.78, 5) is 0. The maximum absolute atomic E-state index is 3.39. The molecule has 0 saturated heterocycles. The molecule has 0 aliphatic carbocycles. The van der Waals surface area contributed by atoms with Crippen LogP contribution in [0.25, 0.3) is 0 Å². The van der Waals surface area contributed by atoms with Crippen molar-refractivity contribution in [2.24, 2.45) is 5.92 Å². The third kappa shape index (κ3) is 7.63. The number of hydrogen-bond donors (Lipinski definition) is 1. The van der Waals surface area contributed by atoms with E-state index in [9.17, 15) is 0 Å². The molecule has 70 valence electrons. The highest BCUT2D eigenvalue weighted by atomic mass is 14.8. The molecule has 1 unspecified atom stereocenters. The van der Waals surface area contributed by atoms with Gasteiger partial charge in [0, 0.05) is 6.42 Å². The van der Waals surface area contributed by atoms with Crippen LogP contribution in [0.5, 0.6) is 0 Å². The molecule has 0 aromatic rings. The molecule has 0 amide bonds. The van der Waals surface area contributed by atoms with Gasteiger partial charge in [0.05, 0.1) is 0 Å². The second kappa shape index (κ2) is 8.62. The van der Waals surface area contributed by atoms with Crippen molar-refractivity contribution in [1.29, 1.82) is 0 Å². The second-order valence-electron chi connectivity index (χ2n) is 3.27. The van der Waals surface area contributed by atoms with Crippen molar-refractivity contribution in [1.82, 2.24) is 5.32 Å². The molecule has 1 nitrogen and oxygen atoms in total. The molecule has 0 aliphatic heterocycles. The SMILES string of the molecule is CC#CCC(C)CCNCCC. The Morgan fingerprint density at radius 3 is 2.67 bits per heavy atom. The molecular formula is C11H21N. The van der Waals surface area contributed by atoms with Crippen molar-refractivity contribution in [3.8, 4) is 11.8 Å². The van der Waals surface area contributed by atoms with Crippen LogP contribution in [0.3, 0.4) is 0 Å². The zero-order valence-corrected chi connectivity index (χ0v) is 8.61. The summed E-state index contributed by atoms with van der Waals surface area (Å²) in [5.41, 5.74) is 0. The monoisotopic (exact) mass is 167 g/mol. The highest BCUT2D eigenvalue weighted by molar-refractivity contribution is 4.95. The third-order valence-corrected chi connectivity index (χ3v) is 1.87. The van der Waals surface area contributed by atoms with E-state index in [1.807, 2.05) is 6.92 Å². The molecule has 12 heavy (non-hydrogen) atoms. The fourth-order valence-electron chi connectivity index (χ4n) is 1.03. The van der Waals surface area contributed by atoms with Crippen molar-refractivity contribution in [2.75, 3.05) is 13.1 Å². The van der Waals surface area contributed by atoms with Crippen LogP contribution in [0.2, 0.25) is 0 Å². The van der Waals surface area contributed by atoms with E-state index in [2.05, 4.69) is 31.0 Å². The summed E-state index contributed by atoms with van der Waals surface area (Å²) in [6.45, 7) is 8.64. The summed E-state index contributed by atoms with van der Waals surface area (Å²) in [5, 5.41) is 3.39. The molecule has 0 aliphatic rings. The molecule has 0 rings (SSSR count). The minimum atomic E-state index is 0.738. The molecule has 0 aromatic carbocycles. The van der Waals surface area contributed by atoms with Gasteiger partial charge in [-0.1, -0.05) is 13.8 Å². The van der Waals surface area contributed by atoms with Crippen molar-refractivity contribution in [2.45, 2.75) is 40.0 Å². The Bertz CT molecular complexity index is 141. The van der Waals surface area contributed by atoms with Gasteiger partial charge in [-0.05, 0) is 38.8 Å². The van der Waals surface area contributed by atoms with Crippen molar-refractivity contribution >= 4 is 0 Å². The van der Waals surface area contributed by atoms with Gasteiger partial charge in [-0.2, -0.15) is 0 Å². The van der Waals surface area contributed by atoms with Gasteiger partial charge in [0.15, 0.2) is 0 Å². The largest absolute Gasteiger partial charge is 0.317 e. The van der Waals surface area contributed by atoms with Gasteiger partial charge in [-0.15, -0.1) is 11.8 Å². The number of rotatable bonds is 6. The van der Waals surface area contributed by atoms with Crippen molar-refractivity contribution in [3.63, 3.8) is 0 Å². The van der Waals surface area contributed by atoms with Gasteiger partial charge >= 0.3 is 0 Å². The third-order valence-electron chi connectivity index (χ3n) is 1.87. The van der Waals surface area contributed by atoms with Crippen molar-refractivity contribution in [3.05, 3.63) is 0 Å². The smallest absolute Gasteiger partial charge is 0.0115 e. The lowest BCUT2D eigenvalue weighted by Crippen LogP contribution is -2.17. The highest BCUT2D eigenvalue weighted by Crippen LogP contribution is 2.04. The van der Waals surface area contributed by atoms with Crippen LogP contribution in [0.15, 0.2) is 0 Å². The quantitative estimate of drug-likeness (QED) is 0.473. The molecule has 0 fully saturated rings. The average molecular weight is 167 g/mol. The van der Waals surface area contributed by atoms with E-state index in [0.29, 0.717) is 0 Å². The van der Waals surface area contributed by atoms with Gasteiger partial charge in [-0.3, -0.25) is 0 Å². The Morgan fingerprint density at radius 1 is 1.33 bits per heavy atom. The molecule has 0 saturated carbocycles. The molecular weight excluding hydrogens is 146 g/mol. The minimum Gasteiger partial charge on any atom is -0.317 e. The summed E-state index contributed by atoms with van der Waals surface area (Å²) in [6.07, 6.45) is 3.52. The van der Waals surface area contributed by atoms with Gasteiger partial charge in [-0.25, -0.2) is 0 Å². The highest BCUT2D eigenvalue weighted by Gasteiger charge is 1.97. The molecule has 0 bridgehead atoms. The molecule has 1 N–H and O–H groups in total. The lowest BCUT2D eigenvalue weighted by atomic mass is 10.0. The van der Waals surface area contributed by atoms with Gasteiger partial charge in [0.1, 0.15) is 0 Å². The first-order valence-corrected chi connectivity index (χ1v) is 4.91. The van der Waals surface area contributed by atoms with Gasteiger partial charge in [0.25, 0.3) is 0 Å². The van der Waals surface area contributed by atoms with Gasteiger partial charge in [0.2, 0.25) is 0 Å². The van der Waals surface area contributed by atoms with E-state index in [1.54, 1.807) is 0 Å². The van der Waals surface area contributed by atoms with E-state index in [4.69, 9.17) is 0 Å². The van der Waals surface area contributed by atoms with Crippen LogP contribution >= 0.6 is 0 Å². The van der Waals surface area contributed by atoms with E-state index in [-0.39, 0.29) is 0 Å². The van der Waals surface area contributed by atoms with Crippen LogP contribution in [0.4, 0.5) is 0 Å². The zero-order chi connectivity index (χ0) is 9.23. The second-order valence-corrected chi connectivity index (χ2v) is 3.27. The summed E-state index contributed by atoms with van der Waals surface area (Å²) >= 11 is 0. The van der Waals surface area contributed by atoms with E-state index in [0.717, 1.165) is 25.4 Å². The molecule has 1 atom stereocenters. The lowest BCUT2D eigenvalue weighted by molar-refractivity contribution is 0.511. The standard InChI is InChI=1S/C11H21N/c1-4-6-7-11(3)8-10-12-9-5-2/h11-12H,5,7-10H2,1-3H3. The van der Waals surface area contributed by atoms with Crippen molar-refractivity contribution < 1.29 is 0 Å². The van der Waals surface area contributed by atoms with E-state index >= 15 is 0 Å². The van der Waals surface area contributed by atoms with Gasteiger partial charge < -0.3 is 5.32 Å². The average Bonchev–Trinajstić information content (AvgIpc) is 2.09. The maximum Gasteiger partial charge on any atom is 0.0115 e. The normalized spacial score (nSPS) is 11.9. The van der Waals surface area contributed by atoms with Crippen LogP contribution in [-0.4, -0.2) is 13.1 Å². The molecule has 0 aromatic heterocycles. The van der Waals surface area contributed by atoms with Crippen LogP contribution < -0.4 is 5.32 Å². The first-order chi connectivity index (χ1) is 5.81. The van der Waals surface area contributed by atoms with Crippen LogP contribution in [-0.2, 0) is 0 Å². The predicted octanol–water partition coefficient (Wildman–Crippen LogP) is 2.43. The summed E-state index contributed by atoms with van der Waals surface area (Å²) < 4.78 is 0.